The Hall–Kier alpha value is -13.3. The monoisotopic (exact) mass is 1160 g/mol. The third kappa shape index (κ3) is 7.91. The molecule has 11 aromatic carbocycles. The van der Waals surface area contributed by atoms with Crippen molar-refractivity contribution >= 4 is 87.2 Å². The highest BCUT2D eigenvalue weighted by Gasteiger charge is 2.37. The van der Waals surface area contributed by atoms with Crippen LogP contribution in [0.5, 0.6) is 0 Å². The van der Waals surface area contributed by atoms with Gasteiger partial charge in [0.05, 0.1) is 125 Å². The molecule has 12 nitrogen and oxygen atoms in total. The van der Waals surface area contributed by atoms with Crippen molar-refractivity contribution in [1.82, 2.24) is 38.2 Å². The van der Waals surface area contributed by atoms with Gasteiger partial charge in [-0.2, -0.15) is 21.0 Å². The van der Waals surface area contributed by atoms with Crippen LogP contribution in [0.1, 0.15) is 27.9 Å². The van der Waals surface area contributed by atoms with E-state index in [-0.39, 0.29) is 0 Å². The van der Waals surface area contributed by atoms with Crippen LogP contribution >= 0.6 is 0 Å². The summed E-state index contributed by atoms with van der Waals surface area (Å²) in [6, 6.07) is 92.6. The molecule has 420 valence electrons. The van der Waals surface area contributed by atoms with Crippen LogP contribution in [0.4, 0.5) is 0 Å². The SMILES string of the molecule is Cc1cccc(-c2c(-c3nc(-c4ccccc4)nc(-c4ccccc4)n3)c(-n3c4ccccc4c4cc(C#N)ccc43)c(-n3c4ccccc4c4cc(C#N)ccc43)c(-n3c4ccccc4c4cc(C#N)ccc43)c2-n2c3ccccc3c3cc(C#N)ccc32)n1. The zero-order valence-corrected chi connectivity index (χ0v) is 48.5. The van der Waals surface area contributed by atoms with Crippen LogP contribution in [0.25, 0.3) is 155 Å². The van der Waals surface area contributed by atoms with E-state index in [4.69, 9.17) is 19.9 Å². The van der Waals surface area contributed by atoms with Crippen LogP contribution < -0.4 is 0 Å². The maximum absolute atomic E-state index is 10.7. The number of nitrogens with zero attached hydrogens (tertiary/aromatic N) is 12. The molecule has 0 amide bonds. The molecular formula is C79H44N12. The fourth-order valence-electron chi connectivity index (χ4n) is 13.8. The highest BCUT2D eigenvalue weighted by molar-refractivity contribution is 6.18. The van der Waals surface area contributed by atoms with E-state index < -0.39 is 0 Å². The lowest BCUT2D eigenvalue weighted by molar-refractivity contribution is 1.01. The molecule has 0 radical (unpaired) electrons. The first-order valence-electron chi connectivity index (χ1n) is 29.7. The third-order valence-corrected chi connectivity index (χ3v) is 17.6. The molecule has 12 heteroatoms. The van der Waals surface area contributed by atoms with Gasteiger partial charge in [0.15, 0.2) is 17.5 Å². The van der Waals surface area contributed by atoms with Crippen molar-refractivity contribution in [3.63, 3.8) is 0 Å². The summed E-state index contributed by atoms with van der Waals surface area (Å²) >= 11 is 0. The maximum atomic E-state index is 10.7. The zero-order chi connectivity index (χ0) is 61.0. The number of nitriles is 4. The number of aromatic nitrogens is 8. The second kappa shape index (κ2) is 20.4. The molecule has 0 N–H and O–H groups in total. The molecule has 17 aromatic rings. The summed E-state index contributed by atoms with van der Waals surface area (Å²) in [5.74, 6) is 1.20. The average molecular weight is 1160 g/mol. The molecular weight excluding hydrogens is 1120 g/mol. The fraction of sp³-hybridized carbons (Fsp3) is 0.0127. The van der Waals surface area contributed by atoms with Crippen LogP contribution in [-0.2, 0) is 0 Å². The maximum Gasteiger partial charge on any atom is 0.167 e. The van der Waals surface area contributed by atoms with Crippen molar-refractivity contribution in [1.29, 1.82) is 21.0 Å². The Morgan fingerprint density at radius 1 is 0.264 bits per heavy atom. The molecule has 0 spiro atoms. The Morgan fingerprint density at radius 3 is 0.923 bits per heavy atom. The van der Waals surface area contributed by atoms with Crippen molar-refractivity contribution in [2.24, 2.45) is 0 Å². The Balaban J connectivity index is 1.27. The smallest absolute Gasteiger partial charge is 0.167 e. The summed E-state index contributed by atoms with van der Waals surface area (Å²) in [6.07, 6.45) is 0. The van der Waals surface area contributed by atoms with E-state index in [1.165, 1.54) is 0 Å². The first kappa shape index (κ1) is 52.1. The standard InChI is InChI=1S/C79H44N12/c1-47-17-16-26-62(84-47)71-72(79-86-77(52-18-4-2-5-19-52)85-78(87-79)53-20-6-3-7-21-53)74(89-64-28-13-9-23-55(64)59-40-49(44-81)32-36-68(59)89)76(91-66-30-15-11-25-57(66)61-42-51(46-83)34-38-70(61)91)75(90-65-29-14-10-24-56(65)60-41-50(45-82)33-37-69(60)90)73(71)88-63-27-12-8-22-54(63)58-39-48(43-80)31-35-67(58)88/h2-42H,1H3. The minimum absolute atomic E-state index is 0.329. The first-order chi connectivity index (χ1) is 44.9. The highest BCUT2D eigenvalue weighted by atomic mass is 15.2. The number of para-hydroxylation sites is 4. The molecule has 0 aliphatic rings. The number of fused-ring (bicyclic) bond motifs is 12. The van der Waals surface area contributed by atoms with Gasteiger partial charge in [-0.1, -0.05) is 140 Å². The molecule has 6 aromatic heterocycles. The lowest BCUT2D eigenvalue weighted by Gasteiger charge is -2.30. The van der Waals surface area contributed by atoms with E-state index in [9.17, 15) is 21.0 Å². The van der Waals surface area contributed by atoms with E-state index in [2.05, 4.69) is 103 Å². The molecule has 0 saturated heterocycles. The van der Waals surface area contributed by atoms with Gasteiger partial charge in [0, 0.05) is 65.5 Å². The van der Waals surface area contributed by atoms with Gasteiger partial charge < -0.3 is 18.3 Å². The van der Waals surface area contributed by atoms with Gasteiger partial charge in [0.1, 0.15) is 0 Å². The van der Waals surface area contributed by atoms with Gasteiger partial charge in [-0.15, -0.1) is 0 Å². The summed E-state index contributed by atoms with van der Waals surface area (Å²) in [6.45, 7) is 2.00. The van der Waals surface area contributed by atoms with Crippen LogP contribution in [0, 0.1) is 52.2 Å². The third-order valence-electron chi connectivity index (χ3n) is 17.6. The van der Waals surface area contributed by atoms with E-state index in [0.717, 1.165) is 104 Å². The molecule has 0 atom stereocenters. The van der Waals surface area contributed by atoms with Crippen molar-refractivity contribution in [2.75, 3.05) is 0 Å². The first-order valence-corrected chi connectivity index (χ1v) is 29.7. The van der Waals surface area contributed by atoms with Gasteiger partial charge in [-0.3, -0.25) is 4.98 Å². The molecule has 0 aliphatic carbocycles. The summed E-state index contributed by atoms with van der Waals surface area (Å²) in [4.78, 5) is 22.6. The largest absolute Gasteiger partial charge is 0.306 e. The van der Waals surface area contributed by atoms with Gasteiger partial charge in [0.2, 0.25) is 0 Å². The predicted octanol–water partition coefficient (Wildman–Crippen LogP) is 18.1. The normalized spacial score (nSPS) is 11.5. The van der Waals surface area contributed by atoms with Crippen LogP contribution in [0.2, 0.25) is 0 Å². The molecule has 0 bridgehead atoms. The highest BCUT2D eigenvalue weighted by Crippen LogP contribution is 2.54. The fourth-order valence-corrected chi connectivity index (χ4v) is 13.8. The minimum atomic E-state index is 0.329. The molecule has 0 saturated carbocycles. The Labute approximate surface area is 519 Å². The number of hydrogen-bond acceptors (Lipinski definition) is 8. The number of aryl methyl sites for hydroxylation is 1. The van der Waals surface area contributed by atoms with Gasteiger partial charge in [-0.05, 0) is 116 Å². The second-order valence-corrected chi connectivity index (χ2v) is 22.6. The average Bonchev–Trinajstić information content (AvgIpc) is 1.61. The van der Waals surface area contributed by atoms with Crippen molar-refractivity contribution < 1.29 is 0 Å². The molecule has 0 fully saturated rings. The quantitative estimate of drug-likeness (QED) is 0.145. The van der Waals surface area contributed by atoms with Crippen molar-refractivity contribution in [3.8, 4) is 92.4 Å². The van der Waals surface area contributed by atoms with Gasteiger partial charge >= 0.3 is 0 Å². The molecule has 17 rings (SSSR count). The predicted molar refractivity (Wildman–Crippen MR) is 360 cm³/mol. The summed E-state index contributed by atoms with van der Waals surface area (Å²) < 4.78 is 9.32. The number of hydrogen-bond donors (Lipinski definition) is 0. The van der Waals surface area contributed by atoms with E-state index >= 15 is 0 Å². The van der Waals surface area contributed by atoms with Crippen LogP contribution in [-0.4, -0.2) is 38.2 Å². The number of benzene rings is 11. The van der Waals surface area contributed by atoms with Gasteiger partial charge in [0.25, 0.3) is 0 Å². The molecule has 0 aliphatic heterocycles. The molecule has 0 unspecified atom stereocenters. The lowest BCUT2D eigenvalue weighted by atomic mass is 9.93. The van der Waals surface area contributed by atoms with E-state index in [1.807, 2.05) is 195 Å². The number of rotatable bonds is 8. The van der Waals surface area contributed by atoms with Crippen LogP contribution in [0.15, 0.2) is 249 Å². The summed E-state index contributed by atoms with van der Waals surface area (Å²) in [5.41, 5.74) is 15.4. The molecule has 91 heavy (non-hydrogen) atoms. The summed E-state index contributed by atoms with van der Waals surface area (Å²) in [5, 5.41) is 49.9. The Bertz CT molecular complexity index is 6100. The zero-order valence-electron chi connectivity index (χ0n) is 48.5. The Morgan fingerprint density at radius 2 is 0.571 bits per heavy atom. The minimum Gasteiger partial charge on any atom is -0.306 e. The topological polar surface area (TPSA) is 166 Å². The lowest BCUT2D eigenvalue weighted by Crippen LogP contribution is -2.17. The van der Waals surface area contributed by atoms with Crippen molar-refractivity contribution in [3.05, 3.63) is 277 Å². The summed E-state index contributed by atoms with van der Waals surface area (Å²) in [7, 11) is 0. The molecule has 6 heterocycles. The van der Waals surface area contributed by atoms with E-state index in [0.29, 0.717) is 79.3 Å². The van der Waals surface area contributed by atoms with Gasteiger partial charge in [-0.25, -0.2) is 15.0 Å². The second-order valence-electron chi connectivity index (χ2n) is 22.6. The Kier molecular flexibility index (Phi) is 11.7. The van der Waals surface area contributed by atoms with Crippen LogP contribution in [0.3, 0.4) is 0 Å². The van der Waals surface area contributed by atoms with Crippen molar-refractivity contribution in [2.45, 2.75) is 6.92 Å². The van der Waals surface area contributed by atoms with E-state index in [1.54, 1.807) is 0 Å². The number of pyridine rings is 1.